The van der Waals surface area contributed by atoms with Gasteiger partial charge in [0.25, 0.3) is 0 Å². The van der Waals surface area contributed by atoms with Gasteiger partial charge < -0.3 is 74.9 Å². The molecule has 18 fully saturated rings. The minimum atomic E-state index is -3.86. The van der Waals surface area contributed by atoms with Gasteiger partial charge in [-0.1, -0.05) is 0 Å². The number of hydrogen-bond donors (Lipinski definition) is 0. The Bertz CT molecular complexity index is 2170. The minimum Gasteiger partial charge on any atom is -0.414 e. The summed E-state index contributed by atoms with van der Waals surface area (Å²) < 4.78 is 122. The van der Waals surface area contributed by atoms with E-state index < -0.39 is 73.3 Å². The number of ether oxygens (including phenoxy) is 8. The summed E-state index contributed by atoms with van der Waals surface area (Å²) >= 11 is 0. The molecule has 24 unspecified atom stereocenters. The van der Waals surface area contributed by atoms with Gasteiger partial charge in [-0.2, -0.15) is 0 Å². The van der Waals surface area contributed by atoms with Crippen molar-refractivity contribution in [1.82, 2.24) is 0 Å². The molecule has 24 atom stereocenters. The van der Waals surface area contributed by atoms with Crippen molar-refractivity contribution in [1.29, 1.82) is 0 Å². The quantitative estimate of drug-likeness (QED) is 0.0588. The van der Waals surface area contributed by atoms with Crippen LogP contribution in [0, 0.1) is 47.3 Å². The van der Waals surface area contributed by atoms with E-state index in [2.05, 4.69) is 0 Å². The van der Waals surface area contributed by atoms with Crippen LogP contribution >= 0.6 is 0 Å². The molecule has 6 radical (unpaired) electrons. The van der Waals surface area contributed by atoms with Gasteiger partial charge in [0.15, 0.2) is 0 Å². The van der Waals surface area contributed by atoms with Crippen molar-refractivity contribution in [2.24, 2.45) is 47.3 Å². The molecule has 8 saturated carbocycles. The van der Waals surface area contributed by atoms with Crippen molar-refractivity contribution < 1.29 is 74.9 Å². The van der Waals surface area contributed by atoms with E-state index in [1.54, 1.807) is 0 Å². The summed E-state index contributed by atoms with van der Waals surface area (Å²) in [5, 5.41) is 0. The van der Waals surface area contributed by atoms with Crippen LogP contribution in [0.5, 0.6) is 0 Å². The highest BCUT2D eigenvalue weighted by molar-refractivity contribution is 6.87. The largest absolute Gasteiger partial charge is 0.475 e. The van der Waals surface area contributed by atoms with Crippen molar-refractivity contribution in [2.45, 2.75) is 351 Å². The third-order valence-electron chi connectivity index (χ3n) is 25.5. The fourth-order valence-electron chi connectivity index (χ4n) is 19.3. The number of fused-ring (bicyclic) bond motifs is 8. The number of rotatable bonds is 26. The Morgan fingerprint density at radius 2 is 0.416 bits per heavy atom. The minimum absolute atomic E-state index is 0.379. The fourth-order valence-corrected chi connectivity index (χ4v) is 50.0. The molecule has 10 aliphatic heterocycles. The zero-order chi connectivity index (χ0) is 58.6. The molecule has 89 heavy (non-hydrogen) atoms. The van der Waals surface area contributed by atoms with E-state index in [0.717, 1.165) is 152 Å². The van der Waals surface area contributed by atoms with Gasteiger partial charge in [0, 0.05) is 12.1 Å². The molecule has 0 amide bonds. The van der Waals surface area contributed by atoms with Gasteiger partial charge in [-0.05, 0) is 289 Å². The molecule has 17 nitrogen and oxygen atoms in total. The van der Waals surface area contributed by atoms with E-state index >= 15 is 0 Å². The second-order valence-corrected chi connectivity index (χ2v) is 50.5. The van der Waals surface area contributed by atoms with Crippen LogP contribution in [0.3, 0.4) is 0 Å². The summed E-state index contributed by atoms with van der Waals surface area (Å²) in [7, 11) is -19.3. The maximum Gasteiger partial charge on any atom is 0.475 e. The lowest BCUT2D eigenvalue weighted by atomic mass is 9.88. The molecule has 8 aliphatic carbocycles. The van der Waals surface area contributed by atoms with E-state index in [1.165, 1.54) is 89.9 Å². The first-order valence-corrected chi connectivity index (χ1v) is 50.3. The SMILES string of the molecule is C1CC2OC2CC1CC[Si]1O[Si](CCC2CCC3OC3C2)O[Si](CCC2CCC3OC3C2)(O[Si]2(CCC3CCC4OC4C3)O[Si](CCC3CCC4OC4C3)O[Si](CCC3CCC4OC4C3)O[Si](CCC3CCC4OC4C3)O2)O[Si](CCC2CCC3OC3C2)O1. The molecule has 0 bridgehead atoms. The van der Waals surface area contributed by atoms with Crippen molar-refractivity contribution in [3.63, 3.8) is 0 Å². The Kier molecular flexibility index (Phi) is 18.9. The lowest BCUT2D eigenvalue weighted by molar-refractivity contribution is 0.129. The zero-order valence-corrected chi connectivity index (χ0v) is 61.1. The van der Waals surface area contributed by atoms with Gasteiger partial charge >= 0.3 is 73.3 Å². The average Bonchev–Trinajstić information content (AvgIpc) is 2.14. The standard InChI is InChI=1S/C64H104O17Si8/c1-9-49-57(65-49)33-41(1)17-25-82-73-84(27-19-43-3-11-51-59(35-43)67-51)77-88(31-23-47-7-15-55-63(39-47)71-55,78-85(74-82)28-20-44-4-12-52-60(36-44)68-52)81-89(32-24-48-8-16-56-64(40-48)72-56)79-86(29-21-45-5-13-53-61(37-45)69-53)75-83(26-18-42-2-10-50-58(34-42)66-50)76-87(80-89)30-22-46-6-14-54-62(38-46)70-54/h41-64H,1-40H2. The van der Waals surface area contributed by atoms with Gasteiger partial charge in [-0.3, -0.25) is 0 Å². The predicted octanol–water partition coefficient (Wildman–Crippen LogP) is 11.6. The topological polar surface area (TPSA) is 183 Å². The van der Waals surface area contributed by atoms with Gasteiger partial charge in [-0.25, -0.2) is 0 Å². The van der Waals surface area contributed by atoms with Crippen molar-refractivity contribution >= 4 is 73.3 Å². The highest BCUT2D eigenvalue weighted by Gasteiger charge is 2.62. The highest BCUT2D eigenvalue weighted by Crippen LogP contribution is 2.51. The molecule has 494 valence electrons. The zero-order valence-electron chi connectivity index (χ0n) is 53.1. The predicted molar refractivity (Wildman–Crippen MR) is 339 cm³/mol. The van der Waals surface area contributed by atoms with Gasteiger partial charge in [0.05, 0.1) is 97.7 Å². The summed E-state index contributed by atoms with van der Waals surface area (Å²) in [5.74, 6) is 4.69. The third kappa shape index (κ3) is 16.1. The Labute approximate surface area is 543 Å². The van der Waals surface area contributed by atoms with Crippen molar-refractivity contribution in [3.8, 4) is 0 Å². The van der Waals surface area contributed by atoms with E-state index in [9.17, 15) is 0 Å². The number of epoxide rings is 8. The van der Waals surface area contributed by atoms with Crippen LogP contribution in [-0.2, 0) is 74.9 Å². The summed E-state index contributed by atoms with van der Waals surface area (Å²) in [4.78, 5) is 0. The molecular formula is C64H104O17Si8. The molecule has 10 heterocycles. The molecule has 10 saturated heterocycles. The van der Waals surface area contributed by atoms with Crippen LogP contribution in [0.2, 0.25) is 48.4 Å². The first-order chi connectivity index (χ1) is 43.7. The maximum atomic E-state index is 8.66. The molecule has 18 rings (SSSR count). The van der Waals surface area contributed by atoms with Crippen molar-refractivity contribution in [2.75, 3.05) is 0 Å². The summed E-state index contributed by atoms with van der Waals surface area (Å²) in [6, 6.07) is 6.88. The fraction of sp³-hybridized carbons (Fsp3) is 1.00. The van der Waals surface area contributed by atoms with Crippen LogP contribution in [0.15, 0.2) is 0 Å². The first kappa shape index (κ1) is 62.3. The Balaban J connectivity index is 0.698. The molecule has 0 aromatic rings. The van der Waals surface area contributed by atoms with E-state index in [4.69, 9.17) is 74.9 Å². The van der Waals surface area contributed by atoms with E-state index in [1.807, 2.05) is 0 Å². The summed E-state index contributed by atoms with van der Waals surface area (Å²) in [6.45, 7) is 0. The molecule has 18 aliphatic rings. The van der Waals surface area contributed by atoms with Gasteiger partial charge in [0.1, 0.15) is 0 Å². The average molecular weight is 1370 g/mol. The van der Waals surface area contributed by atoms with E-state index in [0.29, 0.717) is 157 Å². The molecule has 0 N–H and O–H groups in total. The molecule has 25 heteroatoms. The molecule has 0 spiro atoms. The van der Waals surface area contributed by atoms with Gasteiger partial charge in [0.2, 0.25) is 0 Å². The van der Waals surface area contributed by atoms with E-state index in [-0.39, 0.29) is 0 Å². The molecule has 0 aromatic carbocycles. The second-order valence-electron chi connectivity index (χ2n) is 32.0. The second kappa shape index (κ2) is 27.0. The summed E-state index contributed by atoms with van der Waals surface area (Å²) in [5.41, 5.74) is 0. The Hall–Kier alpha value is 1.06. The number of hydrogen-bond acceptors (Lipinski definition) is 17. The van der Waals surface area contributed by atoms with Crippen LogP contribution in [0.4, 0.5) is 0 Å². The van der Waals surface area contributed by atoms with Gasteiger partial charge in [-0.15, -0.1) is 0 Å². The Morgan fingerprint density at radius 1 is 0.225 bits per heavy atom. The monoisotopic (exact) mass is 1370 g/mol. The Morgan fingerprint density at radius 3 is 0.618 bits per heavy atom. The lowest BCUT2D eigenvalue weighted by Crippen LogP contribution is -2.67. The van der Waals surface area contributed by atoms with Crippen LogP contribution < -0.4 is 0 Å². The maximum absolute atomic E-state index is 8.66. The lowest BCUT2D eigenvalue weighted by Gasteiger charge is -2.46. The molecular weight excluding hydrogens is 1270 g/mol. The summed E-state index contributed by atoms with van der Waals surface area (Å²) in [6.07, 6.45) is 43.7. The van der Waals surface area contributed by atoms with Crippen LogP contribution in [0.25, 0.3) is 0 Å². The highest BCUT2D eigenvalue weighted by atomic mass is 28.5. The normalized spacial score (nSPS) is 50.2. The van der Waals surface area contributed by atoms with Crippen LogP contribution in [-0.4, -0.2) is 171 Å². The third-order valence-corrected chi connectivity index (χ3v) is 49.8. The first-order valence-electron chi connectivity index (χ1n) is 37.3. The molecule has 0 aromatic heterocycles. The van der Waals surface area contributed by atoms with Crippen LogP contribution in [0.1, 0.15) is 205 Å². The smallest absolute Gasteiger partial charge is 0.414 e. The van der Waals surface area contributed by atoms with Crippen molar-refractivity contribution in [3.05, 3.63) is 0 Å².